The van der Waals surface area contributed by atoms with Crippen molar-refractivity contribution in [2.75, 3.05) is 27.9 Å². The summed E-state index contributed by atoms with van der Waals surface area (Å²) >= 11 is 0. The van der Waals surface area contributed by atoms with Crippen LogP contribution in [0.1, 0.15) is 69.2 Å². The number of carbonyl (C=O) groups is 3. The first-order chi connectivity index (χ1) is 19.7. The second-order valence-corrected chi connectivity index (χ2v) is 17.0. The van der Waals surface area contributed by atoms with Gasteiger partial charge in [-0.15, -0.1) is 0 Å². The fourth-order valence-corrected chi connectivity index (χ4v) is 5.89. The van der Waals surface area contributed by atoms with E-state index in [0.29, 0.717) is 11.5 Å². The van der Waals surface area contributed by atoms with E-state index in [0.717, 1.165) is 30.4 Å². The van der Waals surface area contributed by atoms with Crippen LogP contribution in [0.3, 0.4) is 0 Å². The quantitative estimate of drug-likeness (QED) is 0.136. The molecule has 0 saturated heterocycles. The van der Waals surface area contributed by atoms with Gasteiger partial charge in [0.2, 0.25) is 5.91 Å². The minimum absolute atomic E-state index is 0.0682. The van der Waals surface area contributed by atoms with Crippen LogP contribution in [-0.4, -0.2) is 53.9 Å². The highest BCUT2D eigenvalue weighted by molar-refractivity contribution is 6.74. The molecule has 0 heterocycles. The van der Waals surface area contributed by atoms with Gasteiger partial charge in [-0.05, 0) is 73.5 Å². The van der Waals surface area contributed by atoms with Crippen LogP contribution >= 0.6 is 0 Å². The van der Waals surface area contributed by atoms with E-state index in [1.807, 2.05) is 37.3 Å². The number of ether oxygens (including phenoxy) is 3. The highest BCUT2D eigenvalue weighted by atomic mass is 28.4. The fourth-order valence-electron chi connectivity index (χ4n) is 4.58. The van der Waals surface area contributed by atoms with Crippen molar-refractivity contribution in [2.45, 2.75) is 84.0 Å². The Morgan fingerprint density at radius 2 is 1.55 bits per heavy atom. The molecule has 0 saturated carbocycles. The molecule has 0 aliphatic heterocycles. The Hall–Kier alpha value is -3.17. The van der Waals surface area contributed by atoms with Crippen molar-refractivity contribution in [1.29, 1.82) is 0 Å². The molecule has 1 N–H and O–H groups in total. The number of ketones is 1. The maximum absolute atomic E-state index is 13.3. The first-order valence-corrected chi connectivity index (χ1v) is 17.4. The second-order valence-electron chi connectivity index (χ2n) is 12.3. The topological polar surface area (TPSA) is 100 Å². The van der Waals surface area contributed by atoms with E-state index in [-0.39, 0.29) is 36.2 Å². The van der Waals surface area contributed by atoms with E-state index in [1.165, 1.54) is 12.7 Å². The standard InChI is InChI=1S/C33H49NO7Si/c1-23-28(38-5)18-26(19-29(23)39-6)32(41-42(8,9)33(2,3)4)25(17-13-16-24-14-11-10-12-15-24)20-30(36)34-22-27(35)21-31(37)40-7/h10-12,14-15,18-19,25,32H,13,16-17,20-22H2,1-9H3,(H,34,36)/t25-,32-/m0/s1. The van der Waals surface area contributed by atoms with E-state index in [2.05, 4.69) is 56.1 Å². The molecule has 2 atom stereocenters. The molecule has 0 spiro atoms. The Bertz CT molecular complexity index is 1170. The summed E-state index contributed by atoms with van der Waals surface area (Å²) in [6, 6.07) is 14.2. The summed E-state index contributed by atoms with van der Waals surface area (Å²) in [4.78, 5) is 36.9. The predicted octanol–water partition coefficient (Wildman–Crippen LogP) is 6.35. The number of amides is 1. The van der Waals surface area contributed by atoms with Crippen LogP contribution in [0.5, 0.6) is 11.5 Å². The van der Waals surface area contributed by atoms with Crippen molar-refractivity contribution >= 4 is 26.0 Å². The number of carbonyl (C=O) groups excluding carboxylic acids is 3. The van der Waals surface area contributed by atoms with Crippen molar-refractivity contribution in [2.24, 2.45) is 5.92 Å². The summed E-state index contributed by atoms with van der Waals surface area (Å²) in [5.41, 5.74) is 3.00. The number of aryl methyl sites for hydroxylation is 1. The van der Waals surface area contributed by atoms with Gasteiger partial charge in [-0.2, -0.15) is 0 Å². The third-order valence-electron chi connectivity index (χ3n) is 8.14. The molecule has 0 aliphatic carbocycles. The molecule has 2 aromatic rings. The maximum atomic E-state index is 13.3. The van der Waals surface area contributed by atoms with Gasteiger partial charge >= 0.3 is 5.97 Å². The second kappa shape index (κ2) is 15.9. The summed E-state index contributed by atoms with van der Waals surface area (Å²) in [5, 5.41) is 2.65. The summed E-state index contributed by atoms with van der Waals surface area (Å²) in [6.07, 6.45) is 1.79. The third kappa shape index (κ3) is 10.3. The molecule has 2 rings (SSSR count). The zero-order valence-electron chi connectivity index (χ0n) is 26.8. The van der Waals surface area contributed by atoms with Crippen LogP contribution in [0, 0.1) is 12.8 Å². The van der Waals surface area contributed by atoms with Crippen molar-refractivity contribution in [3.63, 3.8) is 0 Å². The Morgan fingerprint density at radius 1 is 0.952 bits per heavy atom. The van der Waals surface area contributed by atoms with E-state index in [1.54, 1.807) is 14.2 Å². The molecule has 0 bridgehead atoms. The van der Waals surface area contributed by atoms with Gasteiger partial charge in [-0.3, -0.25) is 14.4 Å². The van der Waals surface area contributed by atoms with Crippen molar-refractivity contribution in [3.05, 3.63) is 59.2 Å². The third-order valence-corrected chi connectivity index (χ3v) is 12.6. The zero-order valence-corrected chi connectivity index (χ0v) is 27.8. The first kappa shape index (κ1) is 35.0. The number of rotatable bonds is 16. The van der Waals surface area contributed by atoms with Crippen molar-refractivity contribution in [3.8, 4) is 11.5 Å². The molecule has 1 amide bonds. The maximum Gasteiger partial charge on any atom is 0.313 e. The highest BCUT2D eigenvalue weighted by Gasteiger charge is 2.42. The van der Waals surface area contributed by atoms with Crippen LogP contribution in [0.4, 0.5) is 0 Å². The lowest BCUT2D eigenvalue weighted by Crippen LogP contribution is -2.43. The lowest BCUT2D eigenvalue weighted by atomic mass is 9.87. The molecular weight excluding hydrogens is 550 g/mol. The Balaban J connectivity index is 2.47. The number of benzene rings is 2. The van der Waals surface area contributed by atoms with Crippen molar-refractivity contribution < 1.29 is 33.0 Å². The van der Waals surface area contributed by atoms with Gasteiger partial charge in [-0.25, -0.2) is 0 Å². The molecular formula is C33H49NO7Si. The lowest BCUT2D eigenvalue weighted by Gasteiger charge is -2.42. The van der Waals surface area contributed by atoms with Crippen LogP contribution in [-0.2, 0) is 30.0 Å². The Morgan fingerprint density at radius 3 is 2.07 bits per heavy atom. The molecule has 9 heteroatoms. The van der Waals surface area contributed by atoms with Crippen LogP contribution in [0.15, 0.2) is 42.5 Å². The predicted molar refractivity (Wildman–Crippen MR) is 167 cm³/mol. The van der Waals surface area contributed by atoms with Gasteiger partial charge in [0, 0.05) is 12.0 Å². The van der Waals surface area contributed by atoms with E-state index < -0.39 is 26.2 Å². The Kier molecular flexibility index (Phi) is 13.2. The minimum atomic E-state index is -2.31. The number of Topliss-reactive ketones (excluding diaryl/α,β-unsaturated/α-hetero) is 1. The van der Waals surface area contributed by atoms with Gasteiger partial charge in [-0.1, -0.05) is 51.1 Å². The lowest BCUT2D eigenvalue weighted by molar-refractivity contribution is -0.143. The molecule has 2 aromatic carbocycles. The van der Waals surface area contributed by atoms with Crippen molar-refractivity contribution in [1.82, 2.24) is 5.32 Å². The van der Waals surface area contributed by atoms with Gasteiger partial charge in [0.05, 0.1) is 34.0 Å². The normalized spacial score (nSPS) is 13.2. The van der Waals surface area contributed by atoms with Gasteiger partial charge in [0.15, 0.2) is 14.1 Å². The van der Waals surface area contributed by atoms with Crippen LogP contribution < -0.4 is 14.8 Å². The van der Waals surface area contributed by atoms with Crippen LogP contribution in [0.2, 0.25) is 18.1 Å². The number of methoxy groups -OCH3 is 3. The zero-order chi connectivity index (χ0) is 31.5. The number of nitrogens with one attached hydrogen (secondary N) is 1. The molecule has 42 heavy (non-hydrogen) atoms. The Labute approximate surface area is 252 Å². The average Bonchev–Trinajstić information content (AvgIpc) is 2.94. The molecule has 0 radical (unpaired) electrons. The molecule has 0 fully saturated rings. The summed E-state index contributed by atoms with van der Waals surface area (Å²) < 4.78 is 23.1. The number of hydrogen-bond donors (Lipinski definition) is 1. The first-order valence-electron chi connectivity index (χ1n) is 14.5. The average molecular weight is 600 g/mol. The molecule has 0 aliphatic rings. The summed E-state index contributed by atoms with van der Waals surface area (Å²) in [6.45, 7) is 12.7. The number of hydrogen-bond acceptors (Lipinski definition) is 7. The van der Waals surface area contributed by atoms with Gasteiger partial charge < -0.3 is 24.0 Å². The highest BCUT2D eigenvalue weighted by Crippen LogP contribution is 2.45. The largest absolute Gasteiger partial charge is 0.496 e. The SMILES string of the molecule is COC(=O)CC(=O)CNC(=O)C[C@H](CCCc1ccccc1)[C@H](O[Si](C)(C)C(C)(C)C)c1cc(OC)c(C)c(OC)c1. The van der Waals surface area contributed by atoms with E-state index in [9.17, 15) is 14.4 Å². The molecule has 232 valence electrons. The smallest absolute Gasteiger partial charge is 0.313 e. The monoisotopic (exact) mass is 599 g/mol. The van der Waals surface area contributed by atoms with E-state index >= 15 is 0 Å². The summed E-state index contributed by atoms with van der Waals surface area (Å²) in [7, 11) is 2.17. The minimum Gasteiger partial charge on any atom is -0.496 e. The van der Waals surface area contributed by atoms with Gasteiger partial charge in [0.1, 0.15) is 17.9 Å². The summed E-state index contributed by atoms with van der Waals surface area (Å²) in [5.74, 6) is -0.123. The van der Waals surface area contributed by atoms with E-state index in [4.69, 9.17) is 13.9 Å². The van der Waals surface area contributed by atoms with Gasteiger partial charge in [0.25, 0.3) is 0 Å². The number of esters is 1. The van der Waals surface area contributed by atoms with Crippen LogP contribution in [0.25, 0.3) is 0 Å². The molecule has 0 unspecified atom stereocenters. The fraction of sp³-hybridized carbons (Fsp3) is 0.545. The molecule has 8 nitrogen and oxygen atoms in total. The molecule has 0 aromatic heterocycles.